The molecule has 0 amide bonds. The Balaban J connectivity index is 2.13. The summed E-state index contributed by atoms with van der Waals surface area (Å²) in [5.41, 5.74) is 6.54. The summed E-state index contributed by atoms with van der Waals surface area (Å²) in [6.07, 6.45) is 3.32. The molecule has 0 bridgehead atoms. The maximum absolute atomic E-state index is 11.5. The number of rotatable bonds is 3. The van der Waals surface area contributed by atoms with Gasteiger partial charge >= 0.3 is 5.97 Å². The topological polar surface area (TPSA) is 74.4 Å². The number of methoxy groups -OCH3 is 1. The lowest BCUT2D eigenvalue weighted by atomic mass is 9.82. The molecule has 0 saturated heterocycles. The number of nitrogens with two attached hydrogens (primary N) is 1. The van der Waals surface area contributed by atoms with Crippen molar-refractivity contribution in [2.75, 3.05) is 12.8 Å². The van der Waals surface area contributed by atoms with Gasteiger partial charge in [0.2, 0.25) is 5.88 Å². The van der Waals surface area contributed by atoms with Crippen LogP contribution in [-0.4, -0.2) is 24.2 Å². The SMILES string of the molecule is COC(=O)c1ccc(N)c(OC2CC(C)CC(C)C2)n1. The molecule has 0 spiro atoms. The molecule has 0 aliphatic heterocycles. The summed E-state index contributed by atoms with van der Waals surface area (Å²) in [4.78, 5) is 15.7. The number of hydrogen-bond acceptors (Lipinski definition) is 5. The van der Waals surface area contributed by atoms with Gasteiger partial charge in [0.1, 0.15) is 6.10 Å². The Bertz CT molecular complexity index is 480. The van der Waals surface area contributed by atoms with Crippen molar-refractivity contribution in [3.05, 3.63) is 17.8 Å². The van der Waals surface area contributed by atoms with Crippen molar-refractivity contribution in [3.8, 4) is 5.88 Å². The van der Waals surface area contributed by atoms with Gasteiger partial charge in [-0.25, -0.2) is 9.78 Å². The zero-order valence-electron chi connectivity index (χ0n) is 12.3. The average molecular weight is 278 g/mol. The fraction of sp³-hybridized carbons (Fsp3) is 0.600. The molecule has 1 aromatic heterocycles. The Labute approximate surface area is 119 Å². The van der Waals surface area contributed by atoms with E-state index in [2.05, 4.69) is 23.6 Å². The first-order chi connectivity index (χ1) is 9.49. The first kappa shape index (κ1) is 14.6. The Hall–Kier alpha value is -1.78. The summed E-state index contributed by atoms with van der Waals surface area (Å²) in [6.45, 7) is 4.46. The van der Waals surface area contributed by atoms with Crippen LogP contribution in [0.25, 0.3) is 0 Å². The Morgan fingerprint density at radius 2 is 1.90 bits per heavy atom. The minimum Gasteiger partial charge on any atom is -0.473 e. The molecular formula is C15H22N2O3. The van der Waals surface area contributed by atoms with Gasteiger partial charge in [0.25, 0.3) is 0 Å². The maximum Gasteiger partial charge on any atom is 0.356 e. The van der Waals surface area contributed by atoms with Gasteiger partial charge in [-0.05, 0) is 43.2 Å². The smallest absolute Gasteiger partial charge is 0.356 e. The number of esters is 1. The average Bonchev–Trinajstić information content (AvgIpc) is 2.39. The predicted octanol–water partition coefficient (Wildman–Crippen LogP) is 2.65. The molecule has 1 aliphatic carbocycles. The van der Waals surface area contributed by atoms with E-state index in [-0.39, 0.29) is 11.8 Å². The second-order valence-electron chi connectivity index (χ2n) is 5.74. The molecule has 2 atom stereocenters. The van der Waals surface area contributed by atoms with Gasteiger partial charge < -0.3 is 15.2 Å². The highest BCUT2D eigenvalue weighted by molar-refractivity contribution is 5.87. The molecule has 5 nitrogen and oxygen atoms in total. The van der Waals surface area contributed by atoms with E-state index in [1.807, 2.05) is 0 Å². The van der Waals surface area contributed by atoms with Crippen molar-refractivity contribution in [2.45, 2.75) is 39.2 Å². The molecule has 2 N–H and O–H groups in total. The number of carbonyl (C=O) groups is 1. The highest BCUT2D eigenvalue weighted by Crippen LogP contribution is 2.32. The Kier molecular flexibility index (Phi) is 4.47. The molecule has 1 heterocycles. The summed E-state index contributed by atoms with van der Waals surface area (Å²) < 4.78 is 10.6. The number of carbonyl (C=O) groups excluding carboxylic acids is 1. The third kappa shape index (κ3) is 3.40. The number of ether oxygens (including phenoxy) is 2. The molecule has 20 heavy (non-hydrogen) atoms. The van der Waals surface area contributed by atoms with E-state index in [0.29, 0.717) is 23.4 Å². The minimum absolute atomic E-state index is 0.108. The van der Waals surface area contributed by atoms with Crippen LogP contribution in [0.1, 0.15) is 43.6 Å². The zero-order chi connectivity index (χ0) is 14.7. The van der Waals surface area contributed by atoms with Crippen LogP contribution in [0.15, 0.2) is 12.1 Å². The van der Waals surface area contributed by atoms with Gasteiger partial charge in [-0.15, -0.1) is 0 Å². The first-order valence-corrected chi connectivity index (χ1v) is 7.01. The fourth-order valence-corrected chi connectivity index (χ4v) is 2.89. The summed E-state index contributed by atoms with van der Waals surface area (Å²) >= 11 is 0. The molecule has 1 aliphatic rings. The normalized spacial score (nSPS) is 26.1. The van der Waals surface area contributed by atoms with Crippen LogP contribution in [0.4, 0.5) is 5.69 Å². The lowest BCUT2D eigenvalue weighted by molar-refractivity contribution is 0.0588. The van der Waals surface area contributed by atoms with Gasteiger partial charge in [-0.2, -0.15) is 0 Å². The molecule has 0 aromatic carbocycles. The first-order valence-electron chi connectivity index (χ1n) is 7.01. The fourth-order valence-electron chi connectivity index (χ4n) is 2.89. The van der Waals surface area contributed by atoms with Gasteiger partial charge in [-0.3, -0.25) is 0 Å². The number of hydrogen-bond donors (Lipinski definition) is 1. The van der Waals surface area contributed by atoms with Crippen LogP contribution in [0.3, 0.4) is 0 Å². The molecule has 0 radical (unpaired) electrons. The Morgan fingerprint density at radius 3 is 2.50 bits per heavy atom. The van der Waals surface area contributed by atoms with Gasteiger partial charge in [0.05, 0.1) is 12.8 Å². The van der Waals surface area contributed by atoms with E-state index in [9.17, 15) is 4.79 Å². The monoisotopic (exact) mass is 278 g/mol. The number of pyridine rings is 1. The van der Waals surface area contributed by atoms with Crippen molar-refractivity contribution < 1.29 is 14.3 Å². The minimum atomic E-state index is -0.486. The van der Waals surface area contributed by atoms with Crippen LogP contribution in [0.5, 0.6) is 5.88 Å². The van der Waals surface area contributed by atoms with E-state index in [1.54, 1.807) is 12.1 Å². The van der Waals surface area contributed by atoms with Crippen molar-refractivity contribution >= 4 is 11.7 Å². The molecule has 1 fully saturated rings. The third-order valence-electron chi connectivity index (χ3n) is 3.70. The van der Waals surface area contributed by atoms with Crippen molar-refractivity contribution in [1.29, 1.82) is 0 Å². The lowest BCUT2D eigenvalue weighted by Crippen LogP contribution is -2.29. The molecule has 5 heteroatoms. The van der Waals surface area contributed by atoms with E-state index in [1.165, 1.54) is 13.5 Å². The van der Waals surface area contributed by atoms with Gasteiger partial charge in [0, 0.05) is 0 Å². The van der Waals surface area contributed by atoms with Crippen molar-refractivity contribution in [2.24, 2.45) is 11.8 Å². The molecule has 2 rings (SSSR count). The molecular weight excluding hydrogens is 256 g/mol. The van der Waals surface area contributed by atoms with Crippen LogP contribution in [0.2, 0.25) is 0 Å². The highest BCUT2D eigenvalue weighted by Gasteiger charge is 2.26. The van der Waals surface area contributed by atoms with E-state index < -0.39 is 5.97 Å². The zero-order valence-corrected chi connectivity index (χ0v) is 12.3. The van der Waals surface area contributed by atoms with Crippen LogP contribution < -0.4 is 10.5 Å². The second-order valence-corrected chi connectivity index (χ2v) is 5.74. The third-order valence-corrected chi connectivity index (χ3v) is 3.70. The van der Waals surface area contributed by atoms with Crippen molar-refractivity contribution in [1.82, 2.24) is 4.98 Å². The van der Waals surface area contributed by atoms with Crippen molar-refractivity contribution in [3.63, 3.8) is 0 Å². The summed E-state index contributed by atoms with van der Waals surface area (Å²) in [7, 11) is 1.32. The number of nitrogen functional groups attached to an aromatic ring is 1. The quantitative estimate of drug-likeness (QED) is 0.860. The molecule has 1 aromatic rings. The summed E-state index contributed by atoms with van der Waals surface area (Å²) in [6, 6.07) is 3.17. The number of nitrogens with zero attached hydrogens (tertiary/aromatic N) is 1. The molecule has 2 unspecified atom stereocenters. The standard InChI is InChI=1S/C15H22N2O3/c1-9-6-10(2)8-11(7-9)20-14-12(16)4-5-13(17-14)15(18)19-3/h4-5,9-11H,6-8,16H2,1-3H3. The Morgan fingerprint density at radius 1 is 1.25 bits per heavy atom. The van der Waals surface area contributed by atoms with Crippen LogP contribution >= 0.6 is 0 Å². The van der Waals surface area contributed by atoms with E-state index in [4.69, 9.17) is 10.5 Å². The largest absolute Gasteiger partial charge is 0.473 e. The van der Waals surface area contributed by atoms with Gasteiger partial charge in [-0.1, -0.05) is 13.8 Å². The van der Waals surface area contributed by atoms with Crippen LogP contribution in [0, 0.1) is 11.8 Å². The van der Waals surface area contributed by atoms with Gasteiger partial charge in [0.15, 0.2) is 5.69 Å². The molecule has 1 saturated carbocycles. The van der Waals surface area contributed by atoms with E-state index in [0.717, 1.165) is 12.8 Å². The second kappa shape index (κ2) is 6.11. The van der Waals surface area contributed by atoms with E-state index >= 15 is 0 Å². The highest BCUT2D eigenvalue weighted by atomic mass is 16.5. The summed E-state index contributed by atoms with van der Waals surface area (Å²) in [5.74, 6) is 1.11. The molecule has 110 valence electrons. The lowest BCUT2D eigenvalue weighted by Gasteiger charge is -2.31. The maximum atomic E-state index is 11.5. The van der Waals surface area contributed by atoms with Crippen LogP contribution in [-0.2, 0) is 4.74 Å². The number of anilines is 1. The predicted molar refractivity (Wildman–Crippen MR) is 76.6 cm³/mol. The number of aromatic nitrogens is 1. The summed E-state index contributed by atoms with van der Waals surface area (Å²) in [5, 5.41) is 0.